The highest BCUT2D eigenvalue weighted by Gasteiger charge is 1.69. The highest BCUT2D eigenvalue weighted by atomic mass is 14.2. The van der Waals surface area contributed by atoms with Crippen molar-refractivity contribution in [3.63, 3.8) is 0 Å². The fraction of sp³-hybridized carbons (Fsp3) is 0.222. The van der Waals surface area contributed by atoms with E-state index in [1.54, 1.807) is 18.2 Å². The summed E-state index contributed by atoms with van der Waals surface area (Å²) in [6, 6.07) is 5.33. The molecule has 0 unspecified atom stereocenters. The second-order valence-corrected chi connectivity index (χ2v) is 1.58. The zero-order valence-electron chi connectivity index (χ0n) is 6.70. The lowest BCUT2D eigenvalue weighted by atomic mass is 10.3. The SMILES string of the molecule is C=CCCC#N.N#C/C=C/C#N. The van der Waals surface area contributed by atoms with E-state index in [0.717, 1.165) is 18.6 Å². The van der Waals surface area contributed by atoms with E-state index in [9.17, 15) is 0 Å². The third kappa shape index (κ3) is 24.6. The van der Waals surface area contributed by atoms with E-state index in [-0.39, 0.29) is 0 Å². The van der Waals surface area contributed by atoms with Crippen molar-refractivity contribution >= 4 is 0 Å². The van der Waals surface area contributed by atoms with Crippen molar-refractivity contribution in [3.05, 3.63) is 24.8 Å². The molecule has 0 fully saturated rings. The molecule has 0 amide bonds. The number of hydrogen-bond acceptors (Lipinski definition) is 3. The van der Waals surface area contributed by atoms with Crippen molar-refractivity contribution in [1.82, 2.24) is 0 Å². The first-order valence-electron chi connectivity index (χ1n) is 3.25. The van der Waals surface area contributed by atoms with Crippen molar-refractivity contribution in [2.24, 2.45) is 0 Å². The molecular weight excluding hydrogens is 150 g/mol. The molecule has 0 aromatic carbocycles. The topological polar surface area (TPSA) is 71.4 Å². The van der Waals surface area contributed by atoms with E-state index in [2.05, 4.69) is 6.58 Å². The highest BCUT2D eigenvalue weighted by Crippen LogP contribution is 1.82. The van der Waals surface area contributed by atoms with Gasteiger partial charge in [-0.05, 0) is 6.42 Å². The molecule has 0 rings (SSSR count). The summed E-state index contributed by atoms with van der Waals surface area (Å²) in [5.41, 5.74) is 0. The Bertz CT molecular complexity index is 228. The van der Waals surface area contributed by atoms with Gasteiger partial charge in [0.1, 0.15) is 0 Å². The molecule has 0 bridgehead atoms. The number of rotatable bonds is 2. The second-order valence-electron chi connectivity index (χ2n) is 1.58. The molecule has 60 valence electrons. The number of unbranched alkanes of at least 4 members (excludes halogenated alkanes) is 1. The molecule has 0 aliphatic rings. The monoisotopic (exact) mass is 159 g/mol. The molecule has 0 spiro atoms. The summed E-state index contributed by atoms with van der Waals surface area (Å²) < 4.78 is 0. The van der Waals surface area contributed by atoms with Crippen LogP contribution in [-0.2, 0) is 0 Å². The van der Waals surface area contributed by atoms with Crippen molar-refractivity contribution in [2.75, 3.05) is 0 Å². The van der Waals surface area contributed by atoms with Gasteiger partial charge in [0.2, 0.25) is 0 Å². The van der Waals surface area contributed by atoms with Gasteiger partial charge >= 0.3 is 0 Å². The highest BCUT2D eigenvalue weighted by molar-refractivity contribution is 5.11. The lowest BCUT2D eigenvalue weighted by Gasteiger charge is -1.70. The molecule has 12 heavy (non-hydrogen) atoms. The van der Waals surface area contributed by atoms with Crippen LogP contribution in [0.5, 0.6) is 0 Å². The van der Waals surface area contributed by atoms with Gasteiger partial charge in [0, 0.05) is 18.6 Å². The van der Waals surface area contributed by atoms with Crippen LogP contribution in [0.3, 0.4) is 0 Å². The Kier molecular flexibility index (Phi) is 16.8. The van der Waals surface area contributed by atoms with Gasteiger partial charge in [-0.2, -0.15) is 15.8 Å². The lowest BCUT2D eigenvalue weighted by Crippen LogP contribution is -1.57. The van der Waals surface area contributed by atoms with Gasteiger partial charge in [0.15, 0.2) is 0 Å². The molecule has 0 radical (unpaired) electrons. The van der Waals surface area contributed by atoms with Crippen molar-refractivity contribution in [2.45, 2.75) is 12.8 Å². The average Bonchev–Trinajstić information content (AvgIpc) is 2.12. The normalized spacial score (nSPS) is 6.75. The van der Waals surface area contributed by atoms with Gasteiger partial charge in [0.25, 0.3) is 0 Å². The predicted molar refractivity (Wildman–Crippen MR) is 45.4 cm³/mol. The zero-order valence-corrected chi connectivity index (χ0v) is 6.70. The zero-order chi connectivity index (χ0) is 9.66. The van der Waals surface area contributed by atoms with Gasteiger partial charge in [-0.1, -0.05) is 6.08 Å². The largest absolute Gasteiger partial charge is 0.198 e. The molecule has 0 saturated carbocycles. The fourth-order valence-electron chi connectivity index (χ4n) is 0.241. The van der Waals surface area contributed by atoms with Crippen molar-refractivity contribution < 1.29 is 0 Å². The minimum absolute atomic E-state index is 0.601. The van der Waals surface area contributed by atoms with Crippen LogP contribution in [0, 0.1) is 34.0 Å². The van der Waals surface area contributed by atoms with E-state index >= 15 is 0 Å². The third-order valence-electron chi connectivity index (χ3n) is 0.693. The quantitative estimate of drug-likeness (QED) is 0.351. The van der Waals surface area contributed by atoms with Gasteiger partial charge in [-0.25, -0.2) is 0 Å². The molecule has 3 heteroatoms. The molecule has 0 N–H and O–H groups in total. The van der Waals surface area contributed by atoms with Gasteiger partial charge in [0.05, 0.1) is 18.2 Å². The van der Waals surface area contributed by atoms with Crippen LogP contribution in [0.4, 0.5) is 0 Å². The van der Waals surface area contributed by atoms with Crippen LogP contribution in [0.15, 0.2) is 24.8 Å². The van der Waals surface area contributed by atoms with Gasteiger partial charge in [-0.15, -0.1) is 6.58 Å². The Morgan fingerprint density at radius 3 is 1.75 bits per heavy atom. The molecule has 3 nitrogen and oxygen atoms in total. The molecule has 0 aromatic heterocycles. The van der Waals surface area contributed by atoms with Crippen LogP contribution in [0.1, 0.15) is 12.8 Å². The smallest absolute Gasteiger partial charge is 0.0919 e. The third-order valence-corrected chi connectivity index (χ3v) is 0.693. The summed E-state index contributed by atoms with van der Waals surface area (Å²) in [6.07, 6.45) is 5.41. The Labute approximate surface area is 72.5 Å². The number of allylic oxidation sites excluding steroid dienone is 3. The van der Waals surface area contributed by atoms with Crippen LogP contribution in [-0.4, -0.2) is 0 Å². The van der Waals surface area contributed by atoms with Crippen LogP contribution in [0.2, 0.25) is 0 Å². The molecule has 0 heterocycles. The van der Waals surface area contributed by atoms with Gasteiger partial charge < -0.3 is 0 Å². The summed E-state index contributed by atoms with van der Waals surface area (Å²) in [5.74, 6) is 0. The average molecular weight is 159 g/mol. The molecule has 0 aliphatic carbocycles. The molecule has 0 atom stereocenters. The lowest BCUT2D eigenvalue weighted by molar-refractivity contribution is 1.07. The minimum Gasteiger partial charge on any atom is -0.198 e. The molecule has 0 aromatic rings. The van der Waals surface area contributed by atoms with E-state index in [1.807, 2.05) is 6.07 Å². The predicted octanol–water partition coefficient (Wildman–Crippen LogP) is 2.07. The maximum absolute atomic E-state index is 7.90. The van der Waals surface area contributed by atoms with Crippen LogP contribution < -0.4 is 0 Å². The first-order chi connectivity index (χ1) is 5.83. The van der Waals surface area contributed by atoms with E-state index < -0.39 is 0 Å². The maximum Gasteiger partial charge on any atom is 0.0919 e. The number of hydrogen-bond donors (Lipinski definition) is 0. The van der Waals surface area contributed by atoms with Gasteiger partial charge in [-0.3, -0.25) is 0 Å². The maximum atomic E-state index is 7.90. The van der Waals surface area contributed by atoms with Crippen LogP contribution >= 0.6 is 0 Å². The molecule has 0 saturated heterocycles. The van der Waals surface area contributed by atoms with E-state index in [1.165, 1.54) is 0 Å². The standard InChI is InChI=1S/C5H7N.C4H2N2/c1-2-3-4-5-6;5-3-1-2-4-6/h2H,1,3-4H2;1-2H/b;2-1+. The Balaban J connectivity index is 0. The van der Waals surface area contributed by atoms with Crippen LogP contribution in [0.25, 0.3) is 0 Å². The second kappa shape index (κ2) is 16.0. The minimum atomic E-state index is 0.601. The number of nitriles is 3. The summed E-state index contributed by atoms with van der Waals surface area (Å²) >= 11 is 0. The Morgan fingerprint density at radius 1 is 1.08 bits per heavy atom. The summed E-state index contributed by atoms with van der Waals surface area (Å²) in [5, 5.41) is 23.3. The summed E-state index contributed by atoms with van der Waals surface area (Å²) in [4.78, 5) is 0. The Hall–Kier alpha value is -2.05. The number of nitrogens with zero attached hydrogens (tertiary/aromatic N) is 3. The van der Waals surface area contributed by atoms with E-state index in [0.29, 0.717) is 6.42 Å². The fourth-order valence-corrected chi connectivity index (χ4v) is 0.241. The summed E-state index contributed by atoms with van der Waals surface area (Å²) in [6.45, 7) is 3.45. The Morgan fingerprint density at radius 2 is 1.58 bits per heavy atom. The summed E-state index contributed by atoms with van der Waals surface area (Å²) in [7, 11) is 0. The molecule has 0 aliphatic heterocycles. The van der Waals surface area contributed by atoms with Crippen molar-refractivity contribution in [3.8, 4) is 18.2 Å². The van der Waals surface area contributed by atoms with Crippen molar-refractivity contribution in [1.29, 1.82) is 15.8 Å². The molecular formula is C9H9N3. The first kappa shape index (κ1) is 12.6. The first-order valence-corrected chi connectivity index (χ1v) is 3.25. The van der Waals surface area contributed by atoms with E-state index in [4.69, 9.17) is 15.8 Å².